The maximum absolute atomic E-state index is 12.4. The van der Waals surface area contributed by atoms with Gasteiger partial charge in [-0.2, -0.15) is 0 Å². The van der Waals surface area contributed by atoms with Gasteiger partial charge in [0.25, 0.3) is 10.0 Å². The predicted octanol–water partition coefficient (Wildman–Crippen LogP) is 3.90. The zero-order valence-electron chi connectivity index (χ0n) is 10.5. The van der Waals surface area contributed by atoms with Gasteiger partial charge in [-0.15, -0.1) is 0 Å². The van der Waals surface area contributed by atoms with Crippen molar-refractivity contribution in [1.82, 2.24) is 0 Å². The van der Waals surface area contributed by atoms with E-state index in [1.165, 1.54) is 6.07 Å². The lowest BCUT2D eigenvalue weighted by Gasteiger charge is -2.13. The molecule has 4 nitrogen and oxygen atoms in total. The predicted molar refractivity (Wildman–Crippen MR) is 88.2 cm³/mol. The summed E-state index contributed by atoms with van der Waals surface area (Å²) in [5.41, 5.74) is 7.36. The lowest BCUT2D eigenvalue weighted by atomic mass is 10.2. The van der Waals surface area contributed by atoms with E-state index in [1.807, 2.05) is 6.92 Å². The van der Waals surface area contributed by atoms with Gasteiger partial charge in [0.15, 0.2) is 0 Å². The van der Waals surface area contributed by atoms with Crippen molar-refractivity contribution in [3.05, 3.63) is 50.9 Å². The summed E-state index contributed by atoms with van der Waals surface area (Å²) in [6.07, 6.45) is 0. The van der Waals surface area contributed by atoms with Crippen molar-refractivity contribution in [2.75, 3.05) is 10.5 Å². The Kier molecular flexibility index (Phi) is 4.41. The Balaban J connectivity index is 2.46. The number of halogens is 2. The molecule has 0 atom stereocenters. The first-order valence-corrected chi connectivity index (χ1v) is 8.71. The van der Waals surface area contributed by atoms with E-state index in [-0.39, 0.29) is 10.6 Å². The summed E-state index contributed by atoms with van der Waals surface area (Å²) < 4.78 is 28.6. The minimum atomic E-state index is -3.74. The summed E-state index contributed by atoms with van der Waals surface area (Å²) in [6, 6.07) is 10.1. The van der Waals surface area contributed by atoms with Gasteiger partial charge in [-0.3, -0.25) is 4.72 Å². The number of nitrogen functional groups attached to an aromatic ring is 1. The van der Waals surface area contributed by atoms with Gasteiger partial charge in [0.1, 0.15) is 4.90 Å². The SMILES string of the molecule is Cc1ccc(S(=O)(=O)Nc2c(Br)cccc2Br)c(N)c1. The lowest BCUT2D eigenvalue weighted by Crippen LogP contribution is -2.15. The molecule has 0 unspecified atom stereocenters. The minimum Gasteiger partial charge on any atom is -0.398 e. The van der Waals surface area contributed by atoms with Crippen LogP contribution in [0.25, 0.3) is 0 Å². The fourth-order valence-corrected chi connectivity index (χ4v) is 4.37. The third-order valence-electron chi connectivity index (χ3n) is 2.65. The number of nitrogens with one attached hydrogen (secondary N) is 1. The molecular formula is C13H12Br2N2O2S. The molecule has 0 aliphatic heterocycles. The van der Waals surface area contributed by atoms with Crippen LogP contribution in [0.4, 0.5) is 11.4 Å². The number of benzene rings is 2. The third kappa shape index (κ3) is 3.16. The molecule has 0 saturated carbocycles. The van der Waals surface area contributed by atoms with Crippen molar-refractivity contribution < 1.29 is 8.42 Å². The molecule has 106 valence electrons. The molecule has 0 amide bonds. The van der Waals surface area contributed by atoms with Crippen LogP contribution >= 0.6 is 31.9 Å². The number of para-hydroxylation sites is 1. The van der Waals surface area contributed by atoms with Crippen LogP contribution in [0.3, 0.4) is 0 Å². The number of hydrogen-bond acceptors (Lipinski definition) is 3. The second-order valence-electron chi connectivity index (χ2n) is 4.24. The molecule has 0 aromatic heterocycles. The van der Waals surface area contributed by atoms with Gasteiger partial charge < -0.3 is 5.73 Å². The van der Waals surface area contributed by atoms with Gasteiger partial charge in [0.2, 0.25) is 0 Å². The van der Waals surface area contributed by atoms with Crippen molar-refractivity contribution in [2.45, 2.75) is 11.8 Å². The van der Waals surface area contributed by atoms with Crippen LogP contribution in [0, 0.1) is 6.92 Å². The third-order valence-corrected chi connectivity index (χ3v) is 5.40. The topological polar surface area (TPSA) is 72.2 Å². The van der Waals surface area contributed by atoms with E-state index in [4.69, 9.17) is 5.73 Å². The summed E-state index contributed by atoms with van der Waals surface area (Å²) in [5.74, 6) is 0. The van der Waals surface area contributed by atoms with E-state index in [9.17, 15) is 8.42 Å². The van der Waals surface area contributed by atoms with E-state index in [2.05, 4.69) is 36.6 Å². The maximum atomic E-state index is 12.4. The van der Waals surface area contributed by atoms with E-state index >= 15 is 0 Å². The molecule has 0 aliphatic rings. The van der Waals surface area contributed by atoms with Crippen LogP contribution in [0.2, 0.25) is 0 Å². The molecule has 2 aromatic carbocycles. The molecule has 0 heterocycles. The van der Waals surface area contributed by atoms with Crippen LogP contribution in [0.5, 0.6) is 0 Å². The van der Waals surface area contributed by atoms with Crippen LogP contribution in [-0.4, -0.2) is 8.42 Å². The Hall–Kier alpha value is -1.05. The highest BCUT2D eigenvalue weighted by molar-refractivity contribution is 9.11. The van der Waals surface area contributed by atoms with Gasteiger partial charge in [0.05, 0.1) is 11.4 Å². The molecule has 0 fully saturated rings. The van der Waals surface area contributed by atoms with Gasteiger partial charge >= 0.3 is 0 Å². The molecule has 0 saturated heterocycles. The Morgan fingerprint density at radius 2 is 1.70 bits per heavy atom. The molecule has 2 rings (SSSR count). The average Bonchev–Trinajstić information content (AvgIpc) is 2.33. The summed E-state index contributed by atoms with van der Waals surface area (Å²) >= 11 is 6.63. The number of hydrogen-bond donors (Lipinski definition) is 2. The Bertz CT molecular complexity index is 741. The van der Waals surface area contributed by atoms with E-state index in [0.717, 1.165) is 5.56 Å². The van der Waals surface area contributed by atoms with Gasteiger partial charge in [-0.05, 0) is 68.6 Å². The van der Waals surface area contributed by atoms with Crippen molar-refractivity contribution in [1.29, 1.82) is 0 Å². The first-order chi connectivity index (χ1) is 9.31. The molecule has 2 aromatic rings. The minimum absolute atomic E-state index is 0.0609. The highest BCUT2D eigenvalue weighted by Gasteiger charge is 2.19. The van der Waals surface area contributed by atoms with Gasteiger partial charge in [-0.25, -0.2) is 8.42 Å². The zero-order valence-corrected chi connectivity index (χ0v) is 14.5. The molecule has 3 N–H and O–H groups in total. The molecule has 0 bridgehead atoms. The van der Waals surface area contributed by atoms with Crippen LogP contribution in [0.15, 0.2) is 50.2 Å². The van der Waals surface area contributed by atoms with E-state index in [1.54, 1.807) is 30.3 Å². The summed E-state index contributed by atoms with van der Waals surface area (Å²) in [6.45, 7) is 1.85. The number of nitrogens with two attached hydrogens (primary N) is 1. The van der Waals surface area contributed by atoms with E-state index < -0.39 is 10.0 Å². The van der Waals surface area contributed by atoms with Crippen molar-refractivity contribution in [3.8, 4) is 0 Å². The molecule has 7 heteroatoms. The van der Waals surface area contributed by atoms with E-state index in [0.29, 0.717) is 14.6 Å². The fraction of sp³-hybridized carbons (Fsp3) is 0.0769. The van der Waals surface area contributed by atoms with Crippen LogP contribution < -0.4 is 10.5 Å². The molecule has 0 spiro atoms. The van der Waals surface area contributed by atoms with Crippen molar-refractivity contribution >= 4 is 53.3 Å². The second kappa shape index (κ2) is 5.75. The Morgan fingerprint density at radius 3 is 2.25 bits per heavy atom. The standard InChI is InChI=1S/C13H12Br2N2O2S/c1-8-5-6-12(11(16)7-8)20(18,19)17-13-9(14)3-2-4-10(13)15/h2-7,17H,16H2,1H3. The average molecular weight is 420 g/mol. The quantitative estimate of drug-likeness (QED) is 0.741. The van der Waals surface area contributed by atoms with Crippen molar-refractivity contribution in [2.24, 2.45) is 0 Å². The smallest absolute Gasteiger partial charge is 0.264 e. The zero-order chi connectivity index (χ0) is 14.9. The second-order valence-corrected chi connectivity index (χ2v) is 7.60. The summed E-state index contributed by atoms with van der Waals surface area (Å²) in [5, 5.41) is 0. The lowest BCUT2D eigenvalue weighted by molar-refractivity contribution is 0.601. The number of rotatable bonds is 3. The molecule has 0 radical (unpaired) electrons. The highest BCUT2D eigenvalue weighted by atomic mass is 79.9. The normalized spacial score (nSPS) is 11.3. The monoisotopic (exact) mass is 418 g/mol. The number of anilines is 2. The van der Waals surface area contributed by atoms with Crippen molar-refractivity contribution in [3.63, 3.8) is 0 Å². The number of aryl methyl sites for hydroxylation is 1. The Labute approximate surface area is 134 Å². The largest absolute Gasteiger partial charge is 0.398 e. The van der Waals surface area contributed by atoms with Gasteiger partial charge in [-0.1, -0.05) is 12.1 Å². The fourth-order valence-electron chi connectivity index (χ4n) is 1.70. The Morgan fingerprint density at radius 1 is 1.10 bits per heavy atom. The molecule has 0 aliphatic carbocycles. The molecular weight excluding hydrogens is 408 g/mol. The summed E-state index contributed by atoms with van der Waals surface area (Å²) in [7, 11) is -3.74. The number of sulfonamides is 1. The van der Waals surface area contributed by atoms with Crippen LogP contribution in [-0.2, 0) is 10.0 Å². The maximum Gasteiger partial charge on any atom is 0.264 e. The summed E-state index contributed by atoms with van der Waals surface area (Å²) in [4.78, 5) is 0.0609. The van der Waals surface area contributed by atoms with Gasteiger partial charge in [0, 0.05) is 8.95 Å². The first kappa shape index (κ1) is 15.3. The highest BCUT2D eigenvalue weighted by Crippen LogP contribution is 2.33. The first-order valence-electron chi connectivity index (χ1n) is 5.64. The molecule has 20 heavy (non-hydrogen) atoms. The van der Waals surface area contributed by atoms with Crippen LogP contribution in [0.1, 0.15) is 5.56 Å².